The zero-order valence-corrected chi connectivity index (χ0v) is 9.89. The number of carbonyl (C=O) groups is 2. The van der Waals surface area contributed by atoms with E-state index < -0.39 is 5.97 Å². The molecule has 0 radical (unpaired) electrons. The number of Topliss-reactive ketones (excluding diaryl/α,β-unsaturated/α-hetero) is 1. The van der Waals surface area contributed by atoms with Gasteiger partial charge in [0, 0.05) is 18.6 Å². The summed E-state index contributed by atoms with van der Waals surface area (Å²) in [6.07, 6.45) is 4.74. The van der Waals surface area contributed by atoms with Crippen molar-refractivity contribution >= 4 is 23.5 Å². The maximum Gasteiger partial charge on any atom is 0.303 e. The first-order valence-corrected chi connectivity index (χ1v) is 6.46. The SMILES string of the molecule is CSC[C@H](N)C(=O)CCCCCC(=O)O. The van der Waals surface area contributed by atoms with Crippen LogP contribution < -0.4 is 5.73 Å². The highest BCUT2D eigenvalue weighted by Crippen LogP contribution is 2.06. The molecular weight excluding hydrogens is 214 g/mol. The number of hydrogen-bond acceptors (Lipinski definition) is 4. The molecule has 3 N–H and O–H groups in total. The van der Waals surface area contributed by atoms with Crippen molar-refractivity contribution < 1.29 is 14.7 Å². The van der Waals surface area contributed by atoms with Crippen molar-refractivity contribution in [2.24, 2.45) is 5.73 Å². The molecule has 4 nitrogen and oxygen atoms in total. The summed E-state index contributed by atoms with van der Waals surface area (Å²) in [5, 5.41) is 8.39. The maximum atomic E-state index is 11.4. The highest BCUT2D eigenvalue weighted by Gasteiger charge is 2.11. The minimum absolute atomic E-state index is 0.0830. The Bertz CT molecular complexity index is 209. The third-order valence-electron chi connectivity index (χ3n) is 2.07. The smallest absolute Gasteiger partial charge is 0.303 e. The first-order chi connectivity index (χ1) is 7.07. The molecule has 0 fully saturated rings. The molecule has 0 spiro atoms. The Morgan fingerprint density at radius 1 is 1.27 bits per heavy atom. The second kappa shape index (κ2) is 8.73. The van der Waals surface area contributed by atoms with E-state index in [0.29, 0.717) is 18.6 Å². The lowest BCUT2D eigenvalue weighted by Crippen LogP contribution is -2.32. The number of aliphatic carboxylic acids is 1. The van der Waals surface area contributed by atoms with Gasteiger partial charge in [0.15, 0.2) is 0 Å². The number of thioether (sulfide) groups is 1. The van der Waals surface area contributed by atoms with Crippen LogP contribution in [0.15, 0.2) is 0 Å². The number of nitrogens with two attached hydrogens (primary N) is 1. The van der Waals surface area contributed by atoms with Crippen LogP contribution in [0.3, 0.4) is 0 Å². The molecule has 0 bridgehead atoms. The molecule has 0 aliphatic carbocycles. The Hall–Kier alpha value is -0.550. The fourth-order valence-corrected chi connectivity index (χ4v) is 1.76. The van der Waals surface area contributed by atoms with Gasteiger partial charge in [-0.1, -0.05) is 6.42 Å². The van der Waals surface area contributed by atoms with Crippen molar-refractivity contribution in [1.29, 1.82) is 0 Å². The molecule has 0 saturated carbocycles. The number of rotatable bonds is 9. The minimum atomic E-state index is -0.777. The number of carbonyl (C=O) groups excluding carboxylic acids is 1. The van der Waals surface area contributed by atoms with E-state index >= 15 is 0 Å². The van der Waals surface area contributed by atoms with Crippen LogP contribution in [-0.2, 0) is 9.59 Å². The van der Waals surface area contributed by atoms with Crippen molar-refractivity contribution in [3.8, 4) is 0 Å². The van der Waals surface area contributed by atoms with Gasteiger partial charge < -0.3 is 10.8 Å². The Kier molecular flexibility index (Phi) is 8.41. The molecule has 0 aromatic rings. The highest BCUT2D eigenvalue weighted by atomic mass is 32.2. The van der Waals surface area contributed by atoms with Crippen molar-refractivity contribution in [2.45, 2.75) is 38.1 Å². The van der Waals surface area contributed by atoms with E-state index in [-0.39, 0.29) is 18.2 Å². The number of carboxylic acids is 1. The van der Waals surface area contributed by atoms with E-state index in [1.165, 1.54) is 0 Å². The first-order valence-electron chi connectivity index (χ1n) is 5.07. The standard InChI is InChI=1S/C10H19NO3S/c1-15-7-8(11)9(12)5-3-2-4-6-10(13)14/h8H,2-7,11H2,1H3,(H,13,14)/t8-/m0/s1. The Labute approximate surface area is 94.6 Å². The van der Waals surface area contributed by atoms with Crippen molar-refractivity contribution in [3.05, 3.63) is 0 Å². The van der Waals surface area contributed by atoms with Crippen LogP contribution in [0, 0.1) is 0 Å². The summed E-state index contributed by atoms with van der Waals surface area (Å²) in [6.45, 7) is 0. The van der Waals surface area contributed by atoms with Crippen LogP contribution in [0.1, 0.15) is 32.1 Å². The van der Waals surface area contributed by atoms with Crippen LogP contribution in [0.4, 0.5) is 0 Å². The highest BCUT2D eigenvalue weighted by molar-refractivity contribution is 7.98. The van der Waals surface area contributed by atoms with E-state index in [2.05, 4.69) is 0 Å². The molecule has 0 aromatic carbocycles. The molecule has 0 unspecified atom stereocenters. The number of hydrogen-bond donors (Lipinski definition) is 2. The predicted molar refractivity (Wildman–Crippen MR) is 62.1 cm³/mol. The quantitative estimate of drug-likeness (QED) is 0.586. The molecule has 0 aliphatic heterocycles. The molecule has 0 heterocycles. The summed E-state index contributed by atoms with van der Waals surface area (Å²) in [5.74, 6) is -0.0337. The molecule has 15 heavy (non-hydrogen) atoms. The van der Waals surface area contributed by atoms with E-state index in [1.54, 1.807) is 11.8 Å². The normalized spacial score (nSPS) is 12.4. The number of ketones is 1. The maximum absolute atomic E-state index is 11.4. The predicted octanol–water partition coefficient (Wildman–Crippen LogP) is 1.28. The molecule has 1 atom stereocenters. The van der Waals surface area contributed by atoms with Gasteiger partial charge in [-0.25, -0.2) is 0 Å². The third-order valence-corrected chi connectivity index (χ3v) is 2.77. The molecule has 5 heteroatoms. The fourth-order valence-electron chi connectivity index (χ4n) is 1.21. The van der Waals surface area contributed by atoms with Gasteiger partial charge in [0.25, 0.3) is 0 Å². The van der Waals surface area contributed by atoms with E-state index in [9.17, 15) is 9.59 Å². The second-order valence-electron chi connectivity index (χ2n) is 3.48. The summed E-state index contributed by atoms with van der Waals surface area (Å²) >= 11 is 1.56. The minimum Gasteiger partial charge on any atom is -0.481 e. The van der Waals surface area contributed by atoms with E-state index in [4.69, 9.17) is 10.8 Å². The summed E-state index contributed by atoms with van der Waals surface area (Å²) in [4.78, 5) is 21.6. The van der Waals surface area contributed by atoms with Crippen LogP contribution in [-0.4, -0.2) is 34.9 Å². The Balaban J connectivity index is 3.42. The van der Waals surface area contributed by atoms with Crippen LogP contribution in [0.25, 0.3) is 0 Å². The van der Waals surface area contributed by atoms with E-state index in [1.807, 2.05) is 6.26 Å². The molecule has 0 amide bonds. The number of unbranched alkanes of at least 4 members (excludes halogenated alkanes) is 2. The van der Waals surface area contributed by atoms with Crippen molar-refractivity contribution in [1.82, 2.24) is 0 Å². The lowest BCUT2D eigenvalue weighted by Gasteiger charge is -2.07. The van der Waals surface area contributed by atoms with Crippen molar-refractivity contribution in [2.75, 3.05) is 12.0 Å². The van der Waals surface area contributed by atoms with E-state index in [0.717, 1.165) is 12.8 Å². The summed E-state index contributed by atoms with van der Waals surface area (Å²) < 4.78 is 0. The molecule has 0 saturated heterocycles. The lowest BCUT2D eigenvalue weighted by molar-refractivity contribution is -0.137. The van der Waals surface area contributed by atoms with Crippen LogP contribution in [0.2, 0.25) is 0 Å². The van der Waals surface area contributed by atoms with Gasteiger partial charge in [0.05, 0.1) is 6.04 Å². The van der Waals surface area contributed by atoms with Gasteiger partial charge in [-0.15, -0.1) is 0 Å². The van der Waals surface area contributed by atoms with Gasteiger partial charge >= 0.3 is 5.97 Å². The zero-order valence-electron chi connectivity index (χ0n) is 9.07. The van der Waals surface area contributed by atoms with Gasteiger partial charge in [0.1, 0.15) is 5.78 Å². The summed E-state index contributed by atoms with van der Waals surface area (Å²) in [5.41, 5.74) is 5.63. The lowest BCUT2D eigenvalue weighted by atomic mass is 10.1. The molecule has 0 aliphatic rings. The first kappa shape index (κ1) is 14.5. The third kappa shape index (κ3) is 8.44. The summed E-state index contributed by atoms with van der Waals surface area (Å²) in [7, 11) is 0. The van der Waals surface area contributed by atoms with Gasteiger partial charge in [-0.05, 0) is 19.1 Å². The van der Waals surface area contributed by atoms with Gasteiger partial charge in [-0.2, -0.15) is 11.8 Å². The molecule has 0 aromatic heterocycles. The summed E-state index contributed by atoms with van der Waals surface area (Å²) in [6, 6.07) is -0.362. The fraction of sp³-hybridized carbons (Fsp3) is 0.800. The second-order valence-corrected chi connectivity index (χ2v) is 4.39. The number of carboxylic acid groups (broad SMARTS) is 1. The monoisotopic (exact) mass is 233 g/mol. The van der Waals surface area contributed by atoms with Crippen LogP contribution >= 0.6 is 11.8 Å². The van der Waals surface area contributed by atoms with Crippen LogP contribution in [0.5, 0.6) is 0 Å². The molecule has 88 valence electrons. The van der Waals surface area contributed by atoms with Crippen molar-refractivity contribution in [3.63, 3.8) is 0 Å². The Morgan fingerprint density at radius 2 is 1.87 bits per heavy atom. The molecule has 0 rings (SSSR count). The average Bonchev–Trinajstić information content (AvgIpc) is 2.16. The zero-order chi connectivity index (χ0) is 11.7. The average molecular weight is 233 g/mol. The largest absolute Gasteiger partial charge is 0.481 e. The Morgan fingerprint density at radius 3 is 2.40 bits per heavy atom. The van der Waals surface area contributed by atoms with Gasteiger partial charge in [-0.3, -0.25) is 9.59 Å². The molecular formula is C10H19NO3S. The topological polar surface area (TPSA) is 80.4 Å². The van der Waals surface area contributed by atoms with Gasteiger partial charge in [0.2, 0.25) is 0 Å².